The zero-order valence-corrected chi connectivity index (χ0v) is 12.0. The minimum absolute atomic E-state index is 0.132. The summed E-state index contributed by atoms with van der Waals surface area (Å²) in [5.74, 6) is -0.808. The molecule has 0 unspecified atom stereocenters. The topological polar surface area (TPSA) is 61.5 Å². The fourth-order valence-corrected chi connectivity index (χ4v) is 1.98. The lowest BCUT2D eigenvalue weighted by Crippen LogP contribution is -2.10. The second kappa shape index (κ2) is 6.45. The highest BCUT2D eigenvalue weighted by Gasteiger charge is 2.17. The molecule has 0 aliphatic rings. The molecule has 0 aliphatic heterocycles. The van der Waals surface area contributed by atoms with Gasteiger partial charge in [0, 0.05) is 16.3 Å². The molecular formula is C15H13ClFNO3. The van der Waals surface area contributed by atoms with Crippen molar-refractivity contribution in [2.45, 2.75) is 6.61 Å². The zero-order valence-electron chi connectivity index (χ0n) is 11.2. The number of hydrogen-bond acceptors (Lipinski definition) is 4. The van der Waals surface area contributed by atoms with Gasteiger partial charge in [-0.15, -0.1) is 0 Å². The van der Waals surface area contributed by atoms with Gasteiger partial charge >= 0.3 is 5.97 Å². The zero-order chi connectivity index (χ0) is 15.4. The molecule has 0 amide bonds. The van der Waals surface area contributed by atoms with Crippen molar-refractivity contribution >= 4 is 23.3 Å². The predicted molar refractivity (Wildman–Crippen MR) is 77.9 cm³/mol. The van der Waals surface area contributed by atoms with Crippen molar-refractivity contribution in [2.75, 3.05) is 12.8 Å². The van der Waals surface area contributed by atoms with E-state index in [1.165, 1.54) is 25.3 Å². The summed E-state index contributed by atoms with van der Waals surface area (Å²) in [6.45, 7) is -0.160. The van der Waals surface area contributed by atoms with Gasteiger partial charge in [0.15, 0.2) is 0 Å². The molecule has 4 nitrogen and oxygen atoms in total. The SMILES string of the molecule is COc1cccc(N)c1C(=O)OCc1cc(F)ccc1Cl. The minimum atomic E-state index is -0.662. The molecule has 2 N–H and O–H groups in total. The molecule has 0 radical (unpaired) electrons. The molecule has 0 spiro atoms. The van der Waals surface area contributed by atoms with E-state index in [-0.39, 0.29) is 17.9 Å². The van der Waals surface area contributed by atoms with Gasteiger partial charge in [0.05, 0.1) is 7.11 Å². The van der Waals surface area contributed by atoms with E-state index in [0.29, 0.717) is 16.3 Å². The number of halogens is 2. The summed E-state index contributed by atoms with van der Waals surface area (Å²) in [7, 11) is 1.43. The number of nitrogens with two attached hydrogens (primary N) is 1. The number of benzene rings is 2. The van der Waals surface area contributed by atoms with Gasteiger partial charge in [-0.1, -0.05) is 17.7 Å². The Morgan fingerprint density at radius 2 is 2.10 bits per heavy atom. The lowest BCUT2D eigenvalue weighted by Gasteiger charge is -2.11. The van der Waals surface area contributed by atoms with Gasteiger partial charge in [-0.2, -0.15) is 0 Å². The van der Waals surface area contributed by atoms with E-state index in [0.717, 1.165) is 0 Å². The van der Waals surface area contributed by atoms with Gasteiger partial charge in [-0.3, -0.25) is 0 Å². The fraction of sp³-hybridized carbons (Fsp3) is 0.133. The lowest BCUT2D eigenvalue weighted by molar-refractivity contribution is 0.0470. The van der Waals surface area contributed by atoms with Crippen LogP contribution < -0.4 is 10.5 Å². The van der Waals surface area contributed by atoms with Crippen molar-refractivity contribution in [1.29, 1.82) is 0 Å². The number of hydrogen-bond donors (Lipinski definition) is 1. The summed E-state index contributed by atoms with van der Waals surface area (Å²) in [5, 5.41) is 0.317. The van der Waals surface area contributed by atoms with Crippen molar-refractivity contribution < 1.29 is 18.7 Å². The fourth-order valence-electron chi connectivity index (χ4n) is 1.81. The summed E-state index contributed by atoms with van der Waals surface area (Å²) >= 11 is 5.91. The number of nitrogen functional groups attached to an aromatic ring is 1. The van der Waals surface area contributed by atoms with Crippen molar-refractivity contribution in [2.24, 2.45) is 0 Å². The van der Waals surface area contributed by atoms with Gasteiger partial charge in [-0.25, -0.2) is 9.18 Å². The van der Waals surface area contributed by atoms with Gasteiger partial charge < -0.3 is 15.2 Å². The molecule has 0 saturated carbocycles. The molecule has 2 aromatic rings. The van der Waals surface area contributed by atoms with Gasteiger partial charge in [-0.05, 0) is 30.3 Å². The molecule has 2 aromatic carbocycles. The van der Waals surface area contributed by atoms with E-state index in [9.17, 15) is 9.18 Å². The molecule has 0 saturated heterocycles. The Kier molecular flexibility index (Phi) is 4.65. The number of methoxy groups -OCH3 is 1. The Morgan fingerprint density at radius 3 is 2.81 bits per heavy atom. The first-order valence-corrected chi connectivity index (χ1v) is 6.44. The van der Waals surface area contributed by atoms with E-state index >= 15 is 0 Å². The van der Waals surface area contributed by atoms with Crippen LogP contribution in [0.15, 0.2) is 36.4 Å². The van der Waals surface area contributed by atoms with E-state index in [4.69, 9.17) is 26.8 Å². The largest absolute Gasteiger partial charge is 0.496 e. The predicted octanol–water partition coefficient (Wildman–Crippen LogP) is 3.43. The molecule has 0 heterocycles. The van der Waals surface area contributed by atoms with Gasteiger partial charge in [0.2, 0.25) is 0 Å². The summed E-state index contributed by atoms with van der Waals surface area (Å²) in [4.78, 5) is 12.1. The van der Waals surface area contributed by atoms with Crippen LogP contribution in [0.5, 0.6) is 5.75 Å². The highest BCUT2D eigenvalue weighted by atomic mass is 35.5. The molecule has 0 atom stereocenters. The Labute approximate surface area is 126 Å². The average molecular weight is 310 g/mol. The number of anilines is 1. The molecule has 21 heavy (non-hydrogen) atoms. The van der Waals surface area contributed by atoms with Crippen molar-refractivity contribution in [1.82, 2.24) is 0 Å². The monoisotopic (exact) mass is 309 g/mol. The van der Waals surface area contributed by atoms with Crippen LogP contribution in [0.4, 0.5) is 10.1 Å². The van der Waals surface area contributed by atoms with Crippen molar-refractivity contribution in [3.63, 3.8) is 0 Å². The Balaban J connectivity index is 2.17. The summed E-state index contributed by atoms with van der Waals surface area (Å²) < 4.78 is 23.3. The first-order chi connectivity index (χ1) is 10.0. The van der Waals surface area contributed by atoms with E-state index in [2.05, 4.69) is 0 Å². The molecule has 0 aliphatic carbocycles. The molecule has 6 heteroatoms. The standard InChI is InChI=1S/C15H13ClFNO3/c1-20-13-4-2-3-12(18)14(13)15(19)21-8-9-7-10(17)5-6-11(9)16/h2-7H,8,18H2,1H3. The Bertz CT molecular complexity index is 676. The van der Waals surface area contributed by atoms with Crippen LogP contribution in [-0.4, -0.2) is 13.1 Å². The Hall–Kier alpha value is -2.27. The number of ether oxygens (including phenoxy) is 2. The Morgan fingerprint density at radius 1 is 1.33 bits per heavy atom. The number of rotatable bonds is 4. The van der Waals surface area contributed by atoms with Crippen molar-refractivity contribution in [3.05, 3.63) is 58.4 Å². The maximum absolute atomic E-state index is 13.1. The molecule has 0 bridgehead atoms. The van der Waals surface area contributed by atoms with Crippen LogP contribution >= 0.6 is 11.6 Å². The van der Waals surface area contributed by atoms with Crippen LogP contribution in [0.1, 0.15) is 15.9 Å². The van der Waals surface area contributed by atoms with Crippen LogP contribution in [0, 0.1) is 5.82 Å². The molecule has 0 aromatic heterocycles. The van der Waals surface area contributed by atoms with Crippen LogP contribution in [0.25, 0.3) is 0 Å². The van der Waals surface area contributed by atoms with Crippen LogP contribution in [0.2, 0.25) is 5.02 Å². The normalized spacial score (nSPS) is 10.2. The van der Waals surface area contributed by atoms with Gasteiger partial charge in [0.25, 0.3) is 0 Å². The molecule has 0 fully saturated rings. The second-order valence-corrected chi connectivity index (χ2v) is 4.64. The summed E-state index contributed by atoms with van der Waals surface area (Å²) in [6, 6.07) is 8.66. The third-order valence-corrected chi connectivity index (χ3v) is 3.22. The second-order valence-electron chi connectivity index (χ2n) is 4.24. The quantitative estimate of drug-likeness (QED) is 0.694. The minimum Gasteiger partial charge on any atom is -0.496 e. The third-order valence-electron chi connectivity index (χ3n) is 2.85. The molecule has 110 valence electrons. The van der Waals surface area contributed by atoms with Crippen LogP contribution in [0.3, 0.4) is 0 Å². The van der Waals surface area contributed by atoms with Crippen LogP contribution in [-0.2, 0) is 11.3 Å². The van der Waals surface area contributed by atoms with Crippen molar-refractivity contribution in [3.8, 4) is 5.75 Å². The number of esters is 1. The first kappa shape index (κ1) is 15.1. The number of carbonyl (C=O) groups is 1. The summed E-state index contributed by atoms with van der Waals surface area (Å²) in [6.07, 6.45) is 0. The van der Waals surface area contributed by atoms with Gasteiger partial charge in [0.1, 0.15) is 23.7 Å². The molecular weight excluding hydrogens is 297 g/mol. The van der Waals surface area contributed by atoms with E-state index in [1.807, 2.05) is 0 Å². The first-order valence-electron chi connectivity index (χ1n) is 6.06. The molecule has 2 rings (SSSR count). The smallest absolute Gasteiger partial charge is 0.344 e. The average Bonchev–Trinajstić information content (AvgIpc) is 2.47. The highest BCUT2D eigenvalue weighted by Crippen LogP contribution is 2.26. The maximum atomic E-state index is 13.1. The maximum Gasteiger partial charge on any atom is 0.344 e. The van der Waals surface area contributed by atoms with E-state index < -0.39 is 11.8 Å². The number of carbonyl (C=O) groups excluding carboxylic acids is 1. The van der Waals surface area contributed by atoms with E-state index in [1.54, 1.807) is 18.2 Å². The highest BCUT2D eigenvalue weighted by molar-refractivity contribution is 6.31. The summed E-state index contributed by atoms with van der Waals surface area (Å²) in [5.41, 5.74) is 6.50. The third kappa shape index (κ3) is 3.44. The lowest BCUT2D eigenvalue weighted by atomic mass is 10.1.